The van der Waals surface area contributed by atoms with E-state index in [1.165, 1.54) is 30.1 Å². The van der Waals surface area contributed by atoms with Gasteiger partial charge in [0.15, 0.2) is 0 Å². The molecule has 1 aromatic carbocycles. The smallest absolute Gasteiger partial charge is 0.423 e. The molecule has 1 unspecified atom stereocenters. The lowest BCUT2D eigenvalue weighted by Gasteiger charge is -2.26. The van der Waals surface area contributed by atoms with E-state index >= 15 is 0 Å². The van der Waals surface area contributed by atoms with Crippen LogP contribution in [0.2, 0.25) is 0 Å². The maximum atomic E-state index is 13.3. The van der Waals surface area contributed by atoms with E-state index in [9.17, 15) is 23.1 Å². The van der Waals surface area contributed by atoms with Crippen LogP contribution in [0.4, 0.5) is 13.2 Å². The number of allylic oxidation sites excluding steroid dienone is 5. The van der Waals surface area contributed by atoms with Crippen molar-refractivity contribution < 1.29 is 27.8 Å². The van der Waals surface area contributed by atoms with E-state index in [0.29, 0.717) is 4.88 Å². The van der Waals surface area contributed by atoms with Gasteiger partial charge in [0, 0.05) is 15.6 Å². The van der Waals surface area contributed by atoms with E-state index in [4.69, 9.17) is 4.74 Å². The molecule has 0 bridgehead atoms. The first-order valence-electron chi connectivity index (χ1n) is 10.4. The van der Waals surface area contributed by atoms with Gasteiger partial charge in [-0.1, -0.05) is 55.2 Å². The number of alkyl halides is 3. The summed E-state index contributed by atoms with van der Waals surface area (Å²) >= 11 is 1.27. The lowest BCUT2D eigenvalue weighted by Crippen LogP contribution is -2.42. The van der Waals surface area contributed by atoms with Crippen LogP contribution in [0.15, 0.2) is 55.3 Å². The lowest BCUT2D eigenvalue weighted by molar-refractivity contribution is -0.269. The number of carbonyl (C=O) groups is 1. The highest BCUT2D eigenvalue weighted by atomic mass is 32.1. The van der Waals surface area contributed by atoms with Crippen molar-refractivity contribution >= 4 is 33.0 Å². The fourth-order valence-corrected chi connectivity index (χ4v) is 4.74. The lowest BCUT2D eigenvalue weighted by atomic mass is 9.96. The Kier molecular flexibility index (Phi) is 7.42. The molecule has 0 saturated heterocycles. The van der Waals surface area contributed by atoms with Gasteiger partial charge < -0.3 is 9.84 Å². The van der Waals surface area contributed by atoms with Gasteiger partial charge in [-0.05, 0) is 30.5 Å². The molecule has 2 aromatic heterocycles. The first kappa shape index (κ1) is 25.4. The van der Waals surface area contributed by atoms with Gasteiger partial charge in [0.1, 0.15) is 10.6 Å². The summed E-state index contributed by atoms with van der Waals surface area (Å²) in [5.41, 5.74) is -1.31. The first-order chi connectivity index (χ1) is 16.1. The van der Waals surface area contributed by atoms with E-state index in [1.807, 2.05) is 31.2 Å². The molecule has 0 aliphatic rings. The number of halogens is 3. The number of hydrogen-bond donors (Lipinski definition) is 1. The summed E-state index contributed by atoms with van der Waals surface area (Å²) in [4.78, 5) is 12.9. The van der Waals surface area contributed by atoms with Crippen molar-refractivity contribution in [1.29, 1.82) is 0 Å². The van der Waals surface area contributed by atoms with E-state index in [2.05, 4.69) is 16.9 Å². The Morgan fingerprint density at radius 1 is 1.35 bits per heavy atom. The van der Waals surface area contributed by atoms with Crippen molar-refractivity contribution in [3.8, 4) is 0 Å². The molecule has 1 N–H and O–H groups in total. The molecule has 0 amide bonds. The Morgan fingerprint density at radius 2 is 2.09 bits per heavy atom. The van der Waals surface area contributed by atoms with Crippen LogP contribution >= 0.6 is 11.3 Å². The van der Waals surface area contributed by atoms with Crippen molar-refractivity contribution in [2.45, 2.75) is 38.6 Å². The molecular weight excluding hydrogens is 467 g/mol. The van der Waals surface area contributed by atoms with Crippen molar-refractivity contribution in [1.82, 2.24) is 15.0 Å². The predicted molar refractivity (Wildman–Crippen MR) is 126 cm³/mol. The number of methoxy groups -OCH3 is 1. The topological polar surface area (TPSA) is 77.2 Å². The normalized spacial score (nSPS) is 14.5. The van der Waals surface area contributed by atoms with E-state index in [1.54, 1.807) is 18.2 Å². The molecule has 180 valence electrons. The van der Waals surface area contributed by atoms with Gasteiger partial charge >= 0.3 is 12.1 Å². The largest absolute Gasteiger partial charge is 0.465 e. The average molecular weight is 492 g/mol. The predicted octanol–water partition coefficient (Wildman–Crippen LogP) is 5.63. The Morgan fingerprint density at radius 3 is 2.68 bits per heavy atom. The number of benzene rings is 1. The van der Waals surface area contributed by atoms with Gasteiger partial charge in [0.2, 0.25) is 5.60 Å². The number of aliphatic hydroxyl groups is 1. The number of rotatable bonds is 8. The van der Waals surface area contributed by atoms with Gasteiger partial charge in [-0.25, -0.2) is 9.48 Å². The summed E-state index contributed by atoms with van der Waals surface area (Å²) in [5.74, 6) is -0.462. The second kappa shape index (κ2) is 9.94. The molecule has 1 atom stereocenters. The number of fused-ring (bicyclic) bond motifs is 1. The summed E-state index contributed by atoms with van der Waals surface area (Å²) in [6.45, 7) is 6.91. The fraction of sp³-hybridized carbons (Fsp3) is 0.292. The quantitative estimate of drug-likeness (QED) is 0.326. The van der Waals surface area contributed by atoms with Gasteiger partial charge in [-0.2, -0.15) is 13.2 Å². The molecule has 0 spiro atoms. The summed E-state index contributed by atoms with van der Waals surface area (Å²) in [6, 6.07) is 5.50. The summed E-state index contributed by atoms with van der Waals surface area (Å²) < 4.78 is 47.0. The van der Waals surface area contributed by atoms with Crippen molar-refractivity contribution in [3.63, 3.8) is 0 Å². The SMILES string of the molecule is C=C/C=C\C(=C/C)c1c(C(=O)OC)sc2cc(Cn3cc(C(O)(CC)C(F)(F)F)nn3)ccc12. The van der Waals surface area contributed by atoms with Crippen LogP contribution in [0, 0.1) is 0 Å². The molecule has 0 aliphatic heterocycles. The van der Waals surface area contributed by atoms with Crippen LogP contribution in [0.3, 0.4) is 0 Å². The zero-order valence-electron chi connectivity index (χ0n) is 18.9. The van der Waals surface area contributed by atoms with Crippen molar-refractivity contribution in [2.75, 3.05) is 7.11 Å². The summed E-state index contributed by atoms with van der Waals surface area (Å²) in [6.07, 6.45) is 2.79. The van der Waals surface area contributed by atoms with Crippen LogP contribution < -0.4 is 0 Å². The molecule has 3 aromatic rings. The van der Waals surface area contributed by atoms with Gasteiger partial charge in [0.05, 0.1) is 19.9 Å². The Hall–Kier alpha value is -3.24. The van der Waals surface area contributed by atoms with Crippen LogP contribution in [0.1, 0.15) is 46.8 Å². The molecule has 2 heterocycles. The summed E-state index contributed by atoms with van der Waals surface area (Å²) in [5, 5.41) is 18.3. The third kappa shape index (κ3) is 4.69. The molecule has 0 aliphatic carbocycles. The number of ether oxygens (including phenoxy) is 1. The van der Waals surface area contributed by atoms with Crippen LogP contribution in [-0.2, 0) is 16.9 Å². The molecule has 34 heavy (non-hydrogen) atoms. The third-order valence-electron chi connectivity index (χ3n) is 5.42. The molecule has 3 rings (SSSR count). The number of esters is 1. The van der Waals surface area contributed by atoms with E-state index in [0.717, 1.165) is 33.0 Å². The molecule has 0 radical (unpaired) electrons. The zero-order chi connectivity index (χ0) is 25.1. The molecule has 6 nitrogen and oxygen atoms in total. The third-order valence-corrected chi connectivity index (χ3v) is 6.56. The van der Waals surface area contributed by atoms with E-state index < -0.39 is 29.9 Å². The van der Waals surface area contributed by atoms with Crippen molar-refractivity contribution in [3.05, 3.63) is 77.0 Å². The number of carbonyl (C=O) groups excluding carboxylic acids is 1. The number of aromatic nitrogens is 3. The Labute approximate surface area is 198 Å². The van der Waals surface area contributed by atoms with Crippen LogP contribution in [0.25, 0.3) is 15.7 Å². The minimum absolute atomic E-state index is 0.133. The second-order valence-electron chi connectivity index (χ2n) is 7.48. The zero-order valence-corrected chi connectivity index (χ0v) is 19.7. The van der Waals surface area contributed by atoms with E-state index in [-0.39, 0.29) is 6.54 Å². The maximum absolute atomic E-state index is 13.3. The fourth-order valence-electron chi connectivity index (χ4n) is 3.54. The van der Waals surface area contributed by atoms with Crippen molar-refractivity contribution in [2.24, 2.45) is 0 Å². The molecular formula is C24H24F3N3O3S. The van der Waals surface area contributed by atoms with Crippen LogP contribution in [0.5, 0.6) is 0 Å². The first-order valence-corrected chi connectivity index (χ1v) is 11.2. The average Bonchev–Trinajstić information content (AvgIpc) is 3.43. The minimum Gasteiger partial charge on any atom is -0.465 e. The highest BCUT2D eigenvalue weighted by Gasteiger charge is 2.55. The molecule has 0 saturated carbocycles. The standard InChI is InChI=1S/C24H24F3N3O3S/c1-5-8-9-16(6-2)20-17-11-10-15(12-18(17)34-21(20)22(31)33-4)13-30-14-19(28-29-30)23(32,7-3)24(25,26)27/h5-6,8-12,14,32H,1,7,13H2,2-4H3/b9-8-,16-6+. The number of hydrogen-bond acceptors (Lipinski definition) is 6. The monoisotopic (exact) mass is 491 g/mol. The van der Waals surface area contributed by atoms with Gasteiger partial charge in [0.25, 0.3) is 0 Å². The molecule has 10 heteroatoms. The van der Waals surface area contributed by atoms with Gasteiger partial charge in [-0.15, -0.1) is 16.4 Å². The number of thiophene rings is 1. The summed E-state index contributed by atoms with van der Waals surface area (Å²) in [7, 11) is 1.32. The minimum atomic E-state index is -4.87. The maximum Gasteiger partial charge on any atom is 0.423 e. The Bertz CT molecular complexity index is 1270. The van der Waals surface area contributed by atoms with Crippen LogP contribution in [-0.4, -0.2) is 39.4 Å². The molecule has 0 fully saturated rings. The van der Waals surface area contributed by atoms with Gasteiger partial charge in [-0.3, -0.25) is 0 Å². The second-order valence-corrected chi connectivity index (χ2v) is 8.53. The highest BCUT2D eigenvalue weighted by Crippen LogP contribution is 2.41. The highest BCUT2D eigenvalue weighted by molar-refractivity contribution is 7.21. The Balaban J connectivity index is 2.01. The number of nitrogens with zero attached hydrogens (tertiary/aromatic N) is 3.